The summed E-state index contributed by atoms with van der Waals surface area (Å²) in [5.74, 6) is 0.945. The van der Waals surface area contributed by atoms with Gasteiger partial charge in [-0.2, -0.15) is 4.98 Å². The van der Waals surface area contributed by atoms with E-state index in [2.05, 4.69) is 29.3 Å². The van der Waals surface area contributed by atoms with Gasteiger partial charge in [-0.1, -0.05) is 37.2 Å². The molecular formula is C21H28N4O3. The molecule has 7 nitrogen and oxygen atoms in total. The number of carbonyl (C=O) groups excluding carboxylic acids is 2. The van der Waals surface area contributed by atoms with Crippen molar-refractivity contribution in [2.45, 2.75) is 64.5 Å². The van der Waals surface area contributed by atoms with Crippen molar-refractivity contribution in [2.24, 2.45) is 0 Å². The molecule has 1 aliphatic rings. The van der Waals surface area contributed by atoms with Crippen LogP contribution in [0.3, 0.4) is 0 Å². The Labute approximate surface area is 165 Å². The van der Waals surface area contributed by atoms with Gasteiger partial charge in [-0.25, -0.2) is 0 Å². The molecule has 0 spiro atoms. The first-order valence-electron chi connectivity index (χ1n) is 10.1. The van der Waals surface area contributed by atoms with Gasteiger partial charge >= 0.3 is 0 Å². The molecule has 2 heterocycles. The molecule has 1 fully saturated rings. The number of likely N-dealkylation sites (tertiary alicyclic amines) is 1. The fourth-order valence-corrected chi connectivity index (χ4v) is 3.54. The monoisotopic (exact) mass is 384 g/mol. The summed E-state index contributed by atoms with van der Waals surface area (Å²) in [5, 5.41) is 7.09. The van der Waals surface area contributed by atoms with Crippen LogP contribution in [0.2, 0.25) is 0 Å². The van der Waals surface area contributed by atoms with Crippen LogP contribution in [-0.2, 0) is 11.2 Å². The van der Waals surface area contributed by atoms with Gasteiger partial charge in [0.25, 0.3) is 5.91 Å². The molecular weight excluding hydrogens is 356 g/mol. The number of rotatable bonds is 8. The molecule has 1 saturated heterocycles. The topological polar surface area (TPSA) is 88.3 Å². The molecule has 2 amide bonds. The number of aryl methyl sites for hydroxylation is 1. The van der Waals surface area contributed by atoms with Crippen LogP contribution < -0.4 is 5.32 Å². The van der Waals surface area contributed by atoms with Gasteiger partial charge in [0.1, 0.15) is 0 Å². The maximum Gasteiger partial charge on any atom is 0.254 e. The molecule has 3 rings (SSSR count). The zero-order chi connectivity index (χ0) is 19.9. The van der Waals surface area contributed by atoms with Gasteiger partial charge in [-0.05, 0) is 37.8 Å². The molecule has 0 bridgehead atoms. The second kappa shape index (κ2) is 9.48. The van der Waals surface area contributed by atoms with Crippen LogP contribution in [0, 0.1) is 0 Å². The average Bonchev–Trinajstić information content (AvgIpc) is 3.39. The zero-order valence-electron chi connectivity index (χ0n) is 16.6. The molecule has 150 valence electrons. The van der Waals surface area contributed by atoms with Gasteiger partial charge in [0.15, 0.2) is 5.82 Å². The Kier molecular flexibility index (Phi) is 6.79. The number of benzene rings is 1. The third-order valence-corrected chi connectivity index (χ3v) is 5.23. The highest BCUT2D eigenvalue weighted by atomic mass is 16.5. The Balaban J connectivity index is 1.60. The van der Waals surface area contributed by atoms with Gasteiger partial charge in [-0.3, -0.25) is 9.59 Å². The summed E-state index contributed by atoms with van der Waals surface area (Å²) in [6.07, 6.45) is 4.27. The number of amides is 2. The number of carbonyl (C=O) groups is 2. The van der Waals surface area contributed by atoms with Crippen LogP contribution in [0.5, 0.6) is 0 Å². The van der Waals surface area contributed by atoms with E-state index < -0.39 is 0 Å². The first-order valence-corrected chi connectivity index (χ1v) is 10.1. The lowest BCUT2D eigenvalue weighted by Gasteiger charge is -2.22. The number of hydrogen-bond donors (Lipinski definition) is 1. The zero-order valence-corrected chi connectivity index (χ0v) is 16.6. The molecule has 2 aromatic rings. The van der Waals surface area contributed by atoms with Crippen molar-refractivity contribution in [3.8, 4) is 0 Å². The summed E-state index contributed by atoms with van der Waals surface area (Å²) in [6, 6.07) is 9.28. The van der Waals surface area contributed by atoms with Crippen LogP contribution in [-0.4, -0.2) is 39.4 Å². The number of hydrogen-bond acceptors (Lipinski definition) is 5. The Morgan fingerprint density at radius 3 is 2.71 bits per heavy atom. The Hall–Kier alpha value is -2.70. The Morgan fingerprint density at radius 2 is 2.00 bits per heavy atom. The van der Waals surface area contributed by atoms with E-state index >= 15 is 0 Å². The van der Waals surface area contributed by atoms with Gasteiger partial charge in [0, 0.05) is 31.0 Å². The summed E-state index contributed by atoms with van der Waals surface area (Å²) in [5.41, 5.74) is 0.663. The van der Waals surface area contributed by atoms with E-state index in [9.17, 15) is 9.59 Å². The van der Waals surface area contributed by atoms with Crippen molar-refractivity contribution in [2.75, 3.05) is 6.54 Å². The van der Waals surface area contributed by atoms with E-state index in [0.29, 0.717) is 36.7 Å². The van der Waals surface area contributed by atoms with Crippen LogP contribution in [0.1, 0.15) is 74.1 Å². The molecule has 1 atom stereocenters. The van der Waals surface area contributed by atoms with Gasteiger partial charge < -0.3 is 14.7 Å². The third kappa shape index (κ3) is 4.77. The van der Waals surface area contributed by atoms with E-state index in [4.69, 9.17) is 4.52 Å². The highest BCUT2D eigenvalue weighted by molar-refractivity contribution is 5.94. The number of nitrogens with one attached hydrogen (secondary N) is 1. The van der Waals surface area contributed by atoms with Crippen LogP contribution in [0.15, 0.2) is 34.9 Å². The summed E-state index contributed by atoms with van der Waals surface area (Å²) >= 11 is 0. The van der Waals surface area contributed by atoms with Crippen LogP contribution in [0.4, 0.5) is 0 Å². The first-order chi connectivity index (χ1) is 13.6. The maximum atomic E-state index is 12.8. The number of aromatic nitrogens is 2. The first kappa shape index (κ1) is 20.0. The second-order valence-corrected chi connectivity index (χ2v) is 7.15. The Bertz CT molecular complexity index is 786. The summed E-state index contributed by atoms with van der Waals surface area (Å²) < 4.78 is 5.34. The lowest BCUT2D eigenvalue weighted by molar-refractivity contribution is -0.121. The normalized spacial score (nSPS) is 16.5. The summed E-state index contributed by atoms with van der Waals surface area (Å²) in [4.78, 5) is 31.1. The maximum absolute atomic E-state index is 12.8. The average molecular weight is 384 g/mol. The predicted octanol–water partition coefficient (Wildman–Crippen LogP) is 3.28. The summed E-state index contributed by atoms with van der Waals surface area (Å²) in [7, 11) is 0. The minimum Gasteiger partial charge on any atom is -0.353 e. The quantitative estimate of drug-likeness (QED) is 0.754. The smallest absolute Gasteiger partial charge is 0.254 e. The van der Waals surface area contributed by atoms with E-state index in [1.807, 2.05) is 35.2 Å². The predicted molar refractivity (Wildman–Crippen MR) is 105 cm³/mol. The standard InChI is InChI=1S/C21H28N4O3/c1-3-16(4-2)22-18(26)12-13-19-23-20(24-28-19)17-11-8-14-25(17)21(27)15-9-6-5-7-10-15/h5-7,9-10,16-17H,3-4,8,11-14H2,1-2H3,(H,22,26). The van der Waals surface area contributed by atoms with Gasteiger partial charge in [0.2, 0.25) is 11.8 Å². The minimum absolute atomic E-state index is 0.00445. The molecule has 0 aliphatic carbocycles. The van der Waals surface area contributed by atoms with E-state index in [1.54, 1.807) is 0 Å². The highest BCUT2D eigenvalue weighted by Gasteiger charge is 2.33. The Morgan fingerprint density at radius 1 is 1.25 bits per heavy atom. The van der Waals surface area contributed by atoms with Crippen LogP contribution >= 0.6 is 0 Å². The molecule has 1 N–H and O–H groups in total. The van der Waals surface area contributed by atoms with Crippen molar-refractivity contribution in [1.29, 1.82) is 0 Å². The SMILES string of the molecule is CCC(CC)NC(=O)CCc1nc(C2CCCN2C(=O)c2ccccc2)no1. The van der Waals surface area contributed by atoms with E-state index in [-0.39, 0.29) is 23.9 Å². The van der Waals surface area contributed by atoms with Crippen molar-refractivity contribution < 1.29 is 14.1 Å². The molecule has 1 aliphatic heterocycles. The largest absolute Gasteiger partial charge is 0.353 e. The van der Waals surface area contributed by atoms with E-state index in [0.717, 1.165) is 25.7 Å². The van der Waals surface area contributed by atoms with Crippen molar-refractivity contribution in [3.05, 3.63) is 47.6 Å². The summed E-state index contributed by atoms with van der Waals surface area (Å²) in [6.45, 7) is 4.80. The fraction of sp³-hybridized carbons (Fsp3) is 0.524. The second-order valence-electron chi connectivity index (χ2n) is 7.15. The minimum atomic E-state index is -0.177. The van der Waals surface area contributed by atoms with Crippen molar-refractivity contribution in [1.82, 2.24) is 20.4 Å². The molecule has 0 radical (unpaired) electrons. The van der Waals surface area contributed by atoms with Gasteiger partial charge in [0.05, 0.1) is 6.04 Å². The van der Waals surface area contributed by atoms with Crippen LogP contribution in [0.25, 0.3) is 0 Å². The lowest BCUT2D eigenvalue weighted by Crippen LogP contribution is -2.33. The molecule has 1 aromatic carbocycles. The van der Waals surface area contributed by atoms with E-state index in [1.165, 1.54) is 0 Å². The molecule has 1 aromatic heterocycles. The van der Waals surface area contributed by atoms with Crippen molar-refractivity contribution >= 4 is 11.8 Å². The fourth-order valence-electron chi connectivity index (χ4n) is 3.54. The van der Waals surface area contributed by atoms with Gasteiger partial charge in [-0.15, -0.1) is 0 Å². The lowest BCUT2D eigenvalue weighted by atomic mass is 10.1. The van der Waals surface area contributed by atoms with Crippen molar-refractivity contribution in [3.63, 3.8) is 0 Å². The number of nitrogens with zero attached hydrogens (tertiary/aromatic N) is 3. The molecule has 28 heavy (non-hydrogen) atoms. The third-order valence-electron chi connectivity index (χ3n) is 5.23. The molecule has 0 saturated carbocycles. The highest BCUT2D eigenvalue weighted by Crippen LogP contribution is 2.31. The molecule has 7 heteroatoms. The molecule has 1 unspecified atom stereocenters.